The Kier molecular flexibility index (Phi) is 14.7. The molecule has 3 aromatic heterocycles. The Balaban J connectivity index is 0.000000128. The van der Waals surface area contributed by atoms with Crippen molar-refractivity contribution in [2.45, 2.75) is 113 Å². The fourth-order valence-corrected chi connectivity index (χ4v) is 11.5. The van der Waals surface area contributed by atoms with Crippen molar-refractivity contribution in [3.8, 4) is 0 Å². The molecule has 1 unspecified atom stereocenters. The lowest BCUT2D eigenvalue weighted by Gasteiger charge is -2.27. The number of benzene rings is 3. The van der Waals surface area contributed by atoms with Crippen LogP contribution in [0.2, 0.25) is 0 Å². The first kappa shape index (κ1) is 51.3. The van der Waals surface area contributed by atoms with Crippen LogP contribution in [0.4, 0.5) is 47.7 Å². The summed E-state index contributed by atoms with van der Waals surface area (Å²) in [5, 5.41) is 22.9. The maximum absolute atomic E-state index is 13.7. The SMILES string of the molecule is CO[C@H]1CCc2c(c(N)nn2C(=O)C2CCNc3ccc(F)cc32)C1.CO[C@H]1CCc2nn(C(=O)[C@@H]3CCNc4ccc(F)cc43)c(N)c2C1.CO[C@H]1CCc2nn(C(=O)[C@H]3CCNc4ccc(F)cc43)c(N)c2C1. The molecule has 396 valence electrons. The first-order chi connectivity index (χ1) is 36.2. The molecule has 3 aliphatic carbocycles. The number of hydrogen-bond donors (Lipinski definition) is 6. The first-order valence-electron chi connectivity index (χ1n) is 25.6. The Bertz CT molecular complexity index is 3010. The molecule has 0 radical (unpaired) electrons. The van der Waals surface area contributed by atoms with E-state index in [0.717, 1.165) is 82.9 Å². The van der Waals surface area contributed by atoms with Crippen molar-refractivity contribution < 1.29 is 41.8 Å². The Hall–Kier alpha value is -7.23. The second-order valence-corrected chi connectivity index (χ2v) is 20.0. The lowest BCUT2D eigenvalue weighted by Crippen LogP contribution is -2.30. The number of nitrogens with zero attached hydrogens (tertiary/aromatic N) is 6. The van der Waals surface area contributed by atoms with Gasteiger partial charge in [0.2, 0.25) is 0 Å². The number of methoxy groups -OCH3 is 3. The van der Waals surface area contributed by atoms with Crippen LogP contribution in [0.25, 0.3) is 0 Å². The number of aromatic nitrogens is 6. The lowest BCUT2D eigenvalue weighted by atomic mass is 9.89. The molecule has 0 saturated carbocycles. The average molecular weight is 1030 g/mol. The molecular formula is C54H63F3N12O6. The number of ether oxygens (including phenoxy) is 3. The van der Waals surface area contributed by atoms with E-state index in [1.807, 2.05) is 0 Å². The number of rotatable bonds is 6. The summed E-state index contributed by atoms with van der Waals surface area (Å²) in [5.41, 5.74) is 28.2. The zero-order valence-electron chi connectivity index (χ0n) is 42.3. The van der Waals surface area contributed by atoms with Crippen LogP contribution in [-0.4, -0.2) is 106 Å². The number of hydrogen-bond acceptors (Lipinski definition) is 15. The van der Waals surface area contributed by atoms with Gasteiger partial charge in [-0.1, -0.05) is 0 Å². The van der Waals surface area contributed by atoms with Gasteiger partial charge in [-0.2, -0.15) is 19.6 Å². The molecular weight excluding hydrogens is 970 g/mol. The predicted molar refractivity (Wildman–Crippen MR) is 277 cm³/mol. The van der Waals surface area contributed by atoms with E-state index in [1.54, 1.807) is 39.5 Å². The number of nitrogen functional groups attached to an aromatic ring is 3. The Morgan fingerprint density at radius 1 is 0.507 bits per heavy atom. The predicted octanol–water partition coefficient (Wildman–Crippen LogP) is 7.04. The van der Waals surface area contributed by atoms with Crippen molar-refractivity contribution in [1.29, 1.82) is 0 Å². The Morgan fingerprint density at radius 2 is 0.867 bits per heavy atom. The molecule has 75 heavy (non-hydrogen) atoms. The van der Waals surface area contributed by atoms with Gasteiger partial charge in [-0.3, -0.25) is 14.4 Å². The largest absolute Gasteiger partial charge is 0.385 e. The van der Waals surface area contributed by atoms with Crippen LogP contribution < -0.4 is 33.2 Å². The van der Waals surface area contributed by atoms with Crippen molar-refractivity contribution in [3.05, 3.63) is 123 Å². The number of carbonyl (C=O) groups excluding carboxylic acids is 3. The van der Waals surface area contributed by atoms with E-state index < -0.39 is 17.8 Å². The first-order valence-corrected chi connectivity index (χ1v) is 25.6. The van der Waals surface area contributed by atoms with Gasteiger partial charge in [-0.05, 0) is 129 Å². The van der Waals surface area contributed by atoms with Gasteiger partial charge in [0.1, 0.15) is 34.9 Å². The fraction of sp³-hybridized carbons (Fsp3) is 0.444. The van der Waals surface area contributed by atoms with Gasteiger partial charge in [0.15, 0.2) is 0 Å². The summed E-state index contributed by atoms with van der Waals surface area (Å²) in [4.78, 5) is 39.4. The molecule has 0 amide bonds. The highest BCUT2D eigenvalue weighted by Gasteiger charge is 2.37. The summed E-state index contributed by atoms with van der Waals surface area (Å²) in [6, 6.07) is 13.5. The van der Waals surface area contributed by atoms with Gasteiger partial charge < -0.3 is 47.4 Å². The number of carbonyl (C=O) groups is 3. The van der Waals surface area contributed by atoms with Crippen LogP contribution in [0.1, 0.15) is 121 Å². The number of aryl methyl sites for hydroxylation is 2. The van der Waals surface area contributed by atoms with Gasteiger partial charge in [0.05, 0.1) is 53.1 Å². The highest BCUT2D eigenvalue weighted by molar-refractivity contribution is 5.92. The van der Waals surface area contributed by atoms with Crippen molar-refractivity contribution in [2.24, 2.45) is 0 Å². The third kappa shape index (κ3) is 10.1. The second-order valence-electron chi connectivity index (χ2n) is 20.0. The highest BCUT2D eigenvalue weighted by atomic mass is 19.1. The summed E-state index contributed by atoms with van der Waals surface area (Å²) in [7, 11) is 5.05. The van der Waals surface area contributed by atoms with E-state index >= 15 is 0 Å². The molecule has 3 aliphatic heterocycles. The van der Waals surface area contributed by atoms with Crippen LogP contribution in [-0.2, 0) is 52.7 Å². The van der Waals surface area contributed by atoms with Gasteiger partial charge in [-0.15, -0.1) is 5.10 Å². The maximum Gasteiger partial charge on any atom is 0.256 e. The van der Waals surface area contributed by atoms with E-state index in [9.17, 15) is 27.6 Å². The third-order valence-corrected chi connectivity index (χ3v) is 15.7. The fourth-order valence-electron chi connectivity index (χ4n) is 11.5. The molecule has 6 aliphatic rings. The summed E-state index contributed by atoms with van der Waals surface area (Å²) in [5.74, 6) is -1.74. The zero-order valence-corrected chi connectivity index (χ0v) is 42.3. The van der Waals surface area contributed by atoms with E-state index in [0.29, 0.717) is 98.7 Å². The molecule has 18 nitrogen and oxygen atoms in total. The molecule has 0 fully saturated rings. The summed E-state index contributed by atoms with van der Waals surface area (Å²) < 4.78 is 61.4. The molecule has 6 atom stereocenters. The van der Waals surface area contributed by atoms with Crippen LogP contribution in [0, 0.1) is 17.5 Å². The number of fused-ring (bicyclic) bond motifs is 6. The van der Waals surface area contributed by atoms with E-state index in [1.165, 1.54) is 50.4 Å². The topological polar surface area (TPSA) is 247 Å². The maximum atomic E-state index is 13.7. The summed E-state index contributed by atoms with van der Waals surface area (Å²) in [6.45, 7) is 1.98. The molecule has 12 rings (SSSR count). The molecule has 3 aromatic carbocycles. The standard InChI is InChI=1S/3C18H21FN4O2/c1-25-11-3-5-16-14(9-11)17(20)22-23(16)18(24)12-6-7-21-15-4-2-10(19)8-13(12)15;2*1-25-11-3-5-16-14(9-11)17(20)23(22-16)18(24)12-6-7-21-15-4-2-10(19)8-13(12)15/h2,4,8,11-12,21H,3,5-7,9H2,1H3,(H2,20,22);2*2,4,8,11-12,21H,3,5-7,9,20H2,1H3/t11-,12?;11-,12+;11-,12-/m000/s1. The minimum absolute atomic E-state index is 0.108. The van der Waals surface area contributed by atoms with Crippen LogP contribution >= 0.6 is 0 Å². The number of anilines is 6. The average Bonchev–Trinajstić information content (AvgIpc) is 4.08. The minimum Gasteiger partial charge on any atom is -0.385 e. The molecule has 21 heteroatoms. The van der Waals surface area contributed by atoms with E-state index in [4.69, 9.17) is 31.4 Å². The van der Waals surface area contributed by atoms with E-state index in [2.05, 4.69) is 31.2 Å². The van der Waals surface area contributed by atoms with Gasteiger partial charge in [-0.25, -0.2) is 17.9 Å². The lowest BCUT2D eigenvalue weighted by molar-refractivity contribution is 0.0821. The normalized spacial score (nSPS) is 22.0. The molecule has 0 saturated heterocycles. The van der Waals surface area contributed by atoms with Crippen molar-refractivity contribution in [3.63, 3.8) is 0 Å². The van der Waals surface area contributed by atoms with Crippen LogP contribution in [0.5, 0.6) is 0 Å². The quantitative estimate of drug-likeness (QED) is 0.0979. The van der Waals surface area contributed by atoms with Gasteiger partial charge in [0, 0.05) is 94.0 Å². The number of nitrogens with one attached hydrogen (secondary N) is 3. The zero-order chi connectivity index (χ0) is 52.7. The monoisotopic (exact) mass is 1030 g/mol. The molecule has 6 aromatic rings. The van der Waals surface area contributed by atoms with Crippen molar-refractivity contribution in [2.75, 3.05) is 74.1 Å². The Morgan fingerprint density at radius 3 is 1.25 bits per heavy atom. The summed E-state index contributed by atoms with van der Waals surface area (Å²) >= 11 is 0. The van der Waals surface area contributed by atoms with E-state index in [-0.39, 0.29) is 53.5 Å². The molecule has 6 heterocycles. The second kappa shape index (κ2) is 21.5. The van der Waals surface area contributed by atoms with Crippen LogP contribution in [0.15, 0.2) is 54.6 Å². The number of nitrogens with two attached hydrogens (primary N) is 3. The van der Waals surface area contributed by atoms with Gasteiger partial charge >= 0.3 is 0 Å². The van der Waals surface area contributed by atoms with Gasteiger partial charge in [0.25, 0.3) is 17.7 Å². The van der Waals surface area contributed by atoms with Crippen molar-refractivity contribution in [1.82, 2.24) is 29.3 Å². The molecule has 9 N–H and O–H groups in total. The molecule has 0 bridgehead atoms. The smallest absolute Gasteiger partial charge is 0.256 e. The van der Waals surface area contributed by atoms with Crippen molar-refractivity contribution >= 4 is 52.2 Å². The number of halogens is 3. The minimum atomic E-state index is -0.450. The summed E-state index contributed by atoms with van der Waals surface area (Å²) in [6.07, 6.45) is 8.86. The highest BCUT2D eigenvalue weighted by Crippen LogP contribution is 2.39. The third-order valence-electron chi connectivity index (χ3n) is 15.7. The Labute approximate surface area is 431 Å². The van der Waals surface area contributed by atoms with Crippen LogP contribution in [0.3, 0.4) is 0 Å². The molecule has 0 spiro atoms.